The summed E-state index contributed by atoms with van der Waals surface area (Å²) in [7, 11) is 0. The number of halogens is 4. The lowest BCUT2D eigenvalue weighted by atomic mass is 9.97. The first kappa shape index (κ1) is 20.9. The molecule has 2 heterocycles. The minimum Gasteiger partial charge on any atom is -0.450 e. The van der Waals surface area contributed by atoms with Gasteiger partial charge in [0.15, 0.2) is 0 Å². The largest absolute Gasteiger partial charge is 0.450 e. The van der Waals surface area contributed by atoms with E-state index in [0.717, 1.165) is 18.2 Å². The number of amides is 2. The maximum absolute atomic E-state index is 12.9. The van der Waals surface area contributed by atoms with Gasteiger partial charge in [0.05, 0.1) is 35.0 Å². The Morgan fingerprint density at radius 3 is 2.76 bits per heavy atom. The molecule has 0 saturated carbocycles. The third-order valence-corrected chi connectivity index (χ3v) is 4.78. The zero-order valence-corrected chi connectivity index (χ0v) is 16.1. The first-order chi connectivity index (χ1) is 13.7. The molecule has 6 nitrogen and oxygen atoms in total. The molecule has 29 heavy (non-hydrogen) atoms. The van der Waals surface area contributed by atoms with Gasteiger partial charge in [0, 0.05) is 18.9 Å². The van der Waals surface area contributed by atoms with Gasteiger partial charge in [-0.05, 0) is 42.7 Å². The van der Waals surface area contributed by atoms with Crippen LogP contribution in [0.4, 0.5) is 23.7 Å². The lowest BCUT2D eigenvalue weighted by molar-refractivity contribution is -0.137. The van der Waals surface area contributed by atoms with E-state index in [0.29, 0.717) is 24.1 Å². The number of hydrogen-bond donors (Lipinski definition) is 1. The summed E-state index contributed by atoms with van der Waals surface area (Å²) in [5, 5.41) is 2.41. The lowest BCUT2D eigenvalue weighted by Gasteiger charge is -2.28. The molecule has 0 aliphatic carbocycles. The highest BCUT2D eigenvalue weighted by molar-refractivity contribution is 6.34. The summed E-state index contributed by atoms with van der Waals surface area (Å²) >= 11 is 5.95. The molecule has 0 saturated heterocycles. The van der Waals surface area contributed by atoms with Crippen LogP contribution < -0.4 is 5.32 Å². The molecule has 0 fully saturated rings. The van der Waals surface area contributed by atoms with Gasteiger partial charge in [0.2, 0.25) is 0 Å². The SMILES string of the molecule is CCOC(=O)N1CCc2c(cncc2C(=O)Nc2cc(C(F)(F)F)ccc2Cl)C1. The number of nitrogens with one attached hydrogen (secondary N) is 1. The van der Waals surface area contributed by atoms with Crippen molar-refractivity contribution in [2.75, 3.05) is 18.5 Å². The molecule has 1 aliphatic heterocycles. The molecule has 154 valence electrons. The molecule has 2 amide bonds. The van der Waals surface area contributed by atoms with Crippen molar-refractivity contribution in [3.63, 3.8) is 0 Å². The van der Waals surface area contributed by atoms with Crippen LogP contribution in [0.3, 0.4) is 0 Å². The Labute approximate surface area is 169 Å². The molecule has 0 radical (unpaired) electrons. The number of carbonyl (C=O) groups excluding carboxylic acids is 2. The lowest BCUT2D eigenvalue weighted by Crippen LogP contribution is -2.37. The molecular weight excluding hydrogens is 411 g/mol. The van der Waals surface area contributed by atoms with Gasteiger partial charge in [-0.25, -0.2) is 4.79 Å². The second kappa shape index (κ2) is 8.28. The Balaban J connectivity index is 1.84. The summed E-state index contributed by atoms with van der Waals surface area (Å²) in [6.45, 7) is 2.53. The van der Waals surface area contributed by atoms with Crippen LogP contribution in [-0.4, -0.2) is 35.0 Å². The van der Waals surface area contributed by atoms with E-state index in [1.165, 1.54) is 11.1 Å². The summed E-state index contributed by atoms with van der Waals surface area (Å²) in [5.74, 6) is -0.625. The molecule has 2 aromatic rings. The standard InChI is InChI=1S/C19H17ClF3N3O3/c1-2-29-18(28)26-6-5-13-11(10-26)8-24-9-14(13)17(27)25-16-7-12(19(21,22)23)3-4-15(16)20/h3-4,7-9H,2,5-6,10H2,1H3,(H,25,27). The summed E-state index contributed by atoms with van der Waals surface area (Å²) in [5.41, 5.74) is 0.510. The van der Waals surface area contributed by atoms with Crippen LogP contribution in [0, 0.1) is 0 Å². The number of anilines is 1. The monoisotopic (exact) mass is 427 g/mol. The van der Waals surface area contributed by atoms with Crippen molar-refractivity contribution in [2.24, 2.45) is 0 Å². The van der Waals surface area contributed by atoms with Crippen molar-refractivity contribution in [1.29, 1.82) is 0 Å². The second-order valence-corrected chi connectivity index (χ2v) is 6.75. The minimum atomic E-state index is -4.56. The highest BCUT2D eigenvalue weighted by Crippen LogP contribution is 2.34. The average Bonchev–Trinajstić information content (AvgIpc) is 2.68. The third-order valence-electron chi connectivity index (χ3n) is 4.45. The molecule has 1 aliphatic rings. The van der Waals surface area contributed by atoms with Crippen LogP contribution in [0.5, 0.6) is 0 Å². The summed E-state index contributed by atoms with van der Waals surface area (Å²) in [6.07, 6.45) is -1.74. The van der Waals surface area contributed by atoms with Crippen molar-refractivity contribution in [3.8, 4) is 0 Å². The number of carbonyl (C=O) groups is 2. The van der Waals surface area contributed by atoms with Crippen LogP contribution in [0.15, 0.2) is 30.6 Å². The van der Waals surface area contributed by atoms with Crippen LogP contribution in [-0.2, 0) is 23.9 Å². The highest BCUT2D eigenvalue weighted by atomic mass is 35.5. The highest BCUT2D eigenvalue weighted by Gasteiger charge is 2.31. The maximum Gasteiger partial charge on any atom is 0.416 e. The maximum atomic E-state index is 12.9. The quantitative estimate of drug-likeness (QED) is 0.781. The molecule has 1 aromatic carbocycles. The summed E-state index contributed by atoms with van der Waals surface area (Å²) in [6, 6.07) is 2.70. The third kappa shape index (κ3) is 4.61. The molecule has 0 unspecified atom stereocenters. The van der Waals surface area contributed by atoms with Crippen LogP contribution in [0.2, 0.25) is 5.02 Å². The number of alkyl halides is 3. The van der Waals surface area contributed by atoms with Gasteiger partial charge in [-0.15, -0.1) is 0 Å². The van der Waals surface area contributed by atoms with E-state index < -0.39 is 23.7 Å². The van der Waals surface area contributed by atoms with E-state index in [2.05, 4.69) is 10.3 Å². The van der Waals surface area contributed by atoms with Gasteiger partial charge < -0.3 is 15.0 Å². The van der Waals surface area contributed by atoms with E-state index in [1.807, 2.05) is 0 Å². The number of fused-ring (bicyclic) bond motifs is 1. The Bertz CT molecular complexity index is 950. The fraction of sp³-hybridized carbons (Fsp3) is 0.316. The summed E-state index contributed by atoms with van der Waals surface area (Å²) in [4.78, 5) is 30.2. The van der Waals surface area contributed by atoms with E-state index >= 15 is 0 Å². The number of hydrogen-bond acceptors (Lipinski definition) is 4. The number of aromatic nitrogens is 1. The smallest absolute Gasteiger partial charge is 0.416 e. The molecule has 0 spiro atoms. The van der Waals surface area contributed by atoms with Crippen LogP contribution >= 0.6 is 11.6 Å². The predicted octanol–water partition coefficient (Wildman–Crippen LogP) is 4.52. The molecule has 10 heteroatoms. The van der Waals surface area contributed by atoms with Gasteiger partial charge in [0.25, 0.3) is 5.91 Å². The molecular formula is C19H17ClF3N3O3. The summed E-state index contributed by atoms with van der Waals surface area (Å²) < 4.78 is 43.8. The Morgan fingerprint density at radius 2 is 2.07 bits per heavy atom. The number of nitrogens with zero attached hydrogens (tertiary/aromatic N) is 2. The molecule has 3 rings (SSSR count). The number of pyridine rings is 1. The zero-order valence-electron chi connectivity index (χ0n) is 15.3. The van der Waals surface area contributed by atoms with Crippen LogP contribution in [0.1, 0.15) is 34.0 Å². The van der Waals surface area contributed by atoms with Crippen molar-refractivity contribution < 1.29 is 27.5 Å². The van der Waals surface area contributed by atoms with Crippen molar-refractivity contribution in [3.05, 3.63) is 57.9 Å². The first-order valence-electron chi connectivity index (χ1n) is 8.76. The van der Waals surface area contributed by atoms with Gasteiger partial charge in [-0.2, -0.15) is 13.2 Å². The van der Waals surface area contributed by atoms with E-state index in [4.69, 9.17) is 16.3 Å². The molecule has 0 bridgehead atoms. The number of benzene rings is 1. The zero-order chi connectivity index (χ0) is 21.2. The molecule has 0 atom stereocenters. The van der Waals surface area contributed by atoms with Gasteiger partial charge >= 0.3 is 12.3 Å². The van der Waals surface area contributed by atoms with Crippen molar-refractivity contribution in [2.45, 2.75) is 26.1 Å². The fourth-order valence-corrected chi connectivity index (χ4v) is 3.21. The van der Waals surface area contributed by atoms with E-state index in [1.54, 1.807) is 13.1 Å². The van der Waals surface area contributed by atoms with Gasteiger partial charge in [-0.1, -0.05) is 11.6 Å². The topological polar surface area (TPSA) is 71.5 Å². The van der Waals surface area contributed by atoms with Crippen LogP contribution in [0.25, 0.3) is 0 Å². The fourth-order valence-electron chi connectivity index (χ4n) is 3.05. The Morgan fingerprint density at radius 1 is 1.31 bits per heavy atom. The van der Waals surface area contributed by atoms with Crippen molar-refractivity contribution in [1.82, 2.24) is 9.88 Å². The normalized spacial score (nSPS) is 13.6. The molecule has 1 N–H and O–H groups in total. The first-order valence-corrected chi connectivity index (χ1v) is 9.14. The number of ether oxygens (including phenoxy) is 1. The predicted molar refractivity (Wildman–Crippen MR) is 99.8 cm³/mol. The van der Waals surface area contributed by atoms with Gasteiger partial charge in [-0.3, -0.25) is 9.78 Å². The molecule has 1 aromatic heterocycles. The minimum absolute atomic E-state index is 0.0161. The number of rotatable bonds is 3. The van der Waals surface area contributed by atoms with Gasteiger partial charge in [0.1, 0.15) is 0 Å². The average molecular weight is 428 g/mol. The Kier molecular flexibility index (Phi) is 5.97. The Hall–Kier alpha value is -2.81. The van der Waals surface area contributed by atoms with E-state index in [-0.39, 0.29) is 29.4 Å². The van der Waals surface area contributed by atoms with E-state index in [9.17, 15) is 22.8 Å². The second-order valence-electron chi connectivity index (χ2n) is 6.34. The van der Waals surface area contributed by atoms with Crippen molar-refractivity contribution >= 4 is 29.3 Å².